The molecule has 2 rings (SSSR count). The van der Waals surface area contributed by atoms with Crippen LogP contribution in [0.15, 0.2) is 17.4 Å². The van der Waals surface area contributed by atoms with Crippen LogP contribution in [0, 0.1) is 0 Å². The lowest BCUT2D eigenvalue weighted by molar-refractivity contribution is -0.145. The number of hydrogen-bond acceptors (Lipinski definition) is 8. The number of carbonyl (C=O) groups excluding carboxylic acids is 2. The molecule has 0 fully saturated rings. The van der Waals surface area contributed by atoms with Crippen LogP contribution < -0.4 is 5.69 Å². The van der Waals surface area contributed by atoms with Crippen LogP contribution in [-0.4, -0.2) is 43.3 Å². The van der Waals surface area contributed by atoms with E-state index in [1.807, 2.05) is 4.57 Å². The van der Waals surface area contributed by atoms with Gasteiger partial charge in [-0.3, -0.25) is 14.2 Å². The Morgan fingerprint density at radius 3 is 2.00 bits per heavy atom. The van der Waals surface area contributed by atoms with E-state index in [1.54, 1.807) is 13.1 Å². The van der Waals surface area contributed by atoms with E-state index in [-0.39, 0.29) is 30.8 Å². The average molecular weight is 547 g/mol. The molecule has 10 heteroatoms. The first-order chi connectivity index (χ1) is 18.9. The maximum absolute atomic E-state index is 12.0. The molecule has 0 radical (unpaired) electrons. The van der Waals surface area contributed by atoms with E-state index in [9.17, 15) is 19.5 Å². The summed E-state index contributed by atoms with van der Waals surface area (Å²) in [5.41, 5.74) is 0.123. The van der Waals surface area contributed by atoms with E-state index < -0.39 is 5.69 Å². The van der Waals surface area contributed by atoms with Crippen molar-refractivity contribution in [3.8, 4) is 5.88 Å². The fraction of sp³-hybridized carbons (Fsp3) is 0.690. The number of methoxy groups -OCH3 is 1. The Kier molecular flexibility index (Phi) is 14.9. The van der Waals surface area contributed by atoms with E-state index in [0.717, 1.165) is 32.1 Å². The van der Waals surface area contributed by atoms with E-state index in [2.05, 4.69) is 21.3 Å². The number of aryl methyl sites for hydroxylation is 2. The summed E-state index contributed by atoms with van der Waals surface area (Å²) >= 11 is 0. The summed E-state index contributed by atoms with van der Waals surface area (Å²) in [5, 5.41) is 10.4. The predicted molar refractivity (Wildman–Crippen MR) is 150 cm³/mol. The molecule has 0 bridgehead atoms. The summed E-state index contributed by atoms with van der Waals surface area (Å²) < 4.78 is 13.1. The van der Waals surface area contributed by atoms with Gasteiger partial charge in [0.25, 0.3) is 0 Å². The van der Waals surface area contributed by atoms with Crippen LogP contribution in [0.25, 0.3) is 11.2 Å². The fourth-order valence-electron chi connectivity index (χ4n) is 4.62. The largest absolute Gasteiger partial charge is 0.492 e. The Morgan fingerprint density at radius 2 is 1.44 bits per heavy atom. The number of nitrogens with zero attached hydrogens (tertiary/aromatic N) is 4. The normalized spacial score (nSPS) is 11.1. The molecular weight excluding hydrogens is 500 g/mol. The van der Waals surface area contributed by atoms with Gasteiger partial charge in [-0.2, -0.15) is 4.98 Å². The molecular formula is C29H46N4O6. The zero-order valence-electron chi connectivity index (χ0n) is 23.8. The highest BCUT2D eigenvalue weighted by atomic mass is 16.5. The van der Waals surface area contributed by atoms with Crippen molar-refractivity contribution in [3.05, 3.63) is 29.0 Å². The van der Waals surface area contributed by atoms with E-state index >= 15 is 0 Å². The molecule has 0 aliphatic heterocycles. The molecule has 218 valence electrons. The van der Waals surface area contributed by atoms with Gasteiger partial charge in [-0.1, -0.05) is 76.7 Å². The van der Waals surface area contributed by atoms with Gasteiger partial charge in [0, 0.05) is 26.4 Å². The number of unbranched alkanes of at least 4 members (excludes halogenated alkanes) is 12. The zero-order valence-corrected chi connectivity index (χ0v) is 23.8. The third-order valence-corrected chi connectivity index (χ3v) is 6.95. The first-order valence-electron chi connectivity index (χ1n) is 14.4. The fourth-order valence-corrected chi connectivity index (χ4v) is 4.62. The Labute approximate surface area is 231 Å². The molecule has 0 aromatic carbocycles. The second-order valence-corrected chi connectivity index (χ2v) is 10.0. The van der Waals surface area contributed by atoms with Crippen LogP contribution in [0.5, 0.6) is 5.88 Å². The summed E-state index contributed by atoms with van der Waals surface area (Å²) in [6, 6.07) is 0. The van der Waals surface area contributed by atoms with Gasteiger partial charge in [0.15, 0.2) is 5.65 Å². The van der Waals surface area contributed by atoms with Gasteiger partial charge < -0.3 is 19.1 Å². The highest BCUT2D eigenvalue weighted by Crippen LogP contribution is 2.23. The van der Waals surface area contributed by atoms with Crippen molar-refractivity contribution in [3.63, 3.8) is 0 Å². The highest BCUT2D eigenvalue weighted by Gasteiger charge is 2.19. The molecule has 2 heterocycles. The van der Waals surface area contributed by atoms with Gasteiger partial charge in [0.1, 0.15) is 17.9 Å². The summed E-state index contributed by atoms with van der Waals surface area (Å²) in [6.07, 6.45) is 17.9. The van der Waals surface area contributed by atoms with Crippen molar-refractivity contribution in [1.29, 1.82) is 0 Å². The maximum Gasteiger partial charge on any atom is 0.352 e. The number of fused-ring (bicyclic) bond motifs is 1. The second-order valence-electron chi connectivity index (χ2n) is 10.0. The standard InChI is InChI=1S/C29H46N4O6/c1-4-5-19-25(35)39-22-23-30-27-26(28(36)31-29(37)32(27)2)33(23)21-18-16-14-12-10-8-6-7-9-11-13-15-17-20-24(34)38-3/h4H,1,5-22H2,2-3H3,(H,31,36,37). The molecule has 0 aliphatic carbocycles. The number of carbonyl (C=O) groups is 2. The Balaban J connectivity index is 1.69. The number of ether oxygens (including phenoxy) is 2. The molecule has 1 N–H and O–H groups in total. The topological polar surface area (TPSA) is 126 Å². The number of hydrogen-bond donors (Lipinski definition) is 1. The number of aromatic nitrogens is 4. The van der Waals surface area contributed by atoms with Crippen LogP contribution in [0.1, 0.15) is 109 Å². The second kappa shape index (κ2) is 18.2. The van der Waals surface area contributed by atoms with Crippen molar-refractivity contribution < 1.29 is 24.2 Å². The smallest absolute Gasteiger partial charge is 0.352 e. The number of rotatable bonds is 21. The Morgan fingerprint density at radius 1 is 0.872 bits per heavy atom. The van der Waals surface area contributed by atoms with E-state index in [4.69, 9.17) is 4.74 Å². The summed E-state index contributed by atoms with van der Waals surface area (Å²) in [4.78, 5) is 43.3. The lowest BCUT2D eigenvalue weighted by Gasteiger charge is -2.10. The van der Waals surface area contributed by atoms with Crippen LogP contribution >= 0.6 is 0 Å². The minimum atomic E-state index is -0.588. The minimum absolute atomic E-state index is 0.0359. The van der Waals surface area contributed by atoms with Gasteiger partial charge in [0.05, 0.1) is 7.11 Å². The first kappa shape index (κ1) is 32.0. The lowest BCUT2D eigenvalue weighted by atomic mass is 10.0. The van der Waals surface area contributed by atoms with Crippen molar-refractivity contribution in [2.24, 2.45) is 7.05 Å². The van der Waals surface area contributed by atoms with Crippen molar-refractivity contribution >= 4 is 23.1 Å². The Hall–Kier alpha value is -3.17. The van der Waals surface area contributed by atoms with Crippen LogP contribution in [-0.2, 0) is 39.3 Å². The van der Waals surface area contributed by atoms with E-state index in [1.165, 1.54) is 63.0 Å². The SMILES string of the molecule is C=CCCC(=O)OCc1nc2c(c(O)nc(=O)n2C)n1CCCCCCCCCCCCCCCC(=O)OC. The summed E-state index contributed by atoms with van der Waals surface area (Å²) in [6.45, 7) is 4.16. The van der Waals surface area contributed by atoms with Crippen LogP contribution in [0.3, 0.4) is 0 Å². The van der Waals surface area contributed by atoms with Gasteiger partial charge in [-0.15, -0.1) is 6.58 Å². The van der Waals surface area contributed by atoms with Gasteiger partial charge in [0.2, 0.25) is 5.88 Å². The van der Waals surface area contributed by atoms with Crippen molar-refractivity contribution in [1.82, 2.24) is 19.1 Å². The molecule has 0 saturated carbocycles. The molecule has 2 aromatic heterocycles. The van der Waals surface area contributed by atoms with Gasteiger partial charge in [-0.05, 0) is 19.3 Å². The quantitative estimate of drug-likeness (QED) is 0.124. The number of allylic oxidation sites excluding steroid dienone is 1. The molecule has 0 spiro atoms. The van der Waals surface area contributed by atoms with Gasteiger partial charge in [-0.25, -0.2) is 9.78 Å². The van der Waals surface area contributed by atoms with E-state index in [0.29, 0.717) is 36.4 Å². The minimum Gasteiger partial charge on any atom is -0.492 e. The third kappa shape index (κ3) is 11.2. The van der Waals surface area contributed by atoms with Crippen LogP contribution in [0.4, 0.5) is 0 Å². The molecule has 0 unspecified atom stereocenters. The molecule has 0 amide bonds. The zero-order chi connectivity index (χ0) is 28.5. The third-order valence-electron chi connectivity index (χ3n) is 6.95. The molecule has 10 nitrogen and oxygen atoms in total. The Bertz CT molecular complexity index is 1110. The van der Waals surface area contributed by atoms with Crippen molar-refractivity contribution in [2.75, 3.05) is 7.11 Å². The summed E-state index contributed by atoms with van der Waals surface area (Å²) in [7, 11) is 2.99. The lowest BCUT2D eigenvalue weighted by Crippen LogP contribution is -2.20. The predicted octanol–water partition coefficient (Wildman–Crippen LogP) is 5.48. The van der Waals surface area contributed by atoms with Crippen LogP contribution in [0.2, 0.25) is 0 Å². The number of esters is 2. The average Bonchev–Trinajstić information content (AvgIpc) is 3.30. The molecule has 0 saturated heterocycles. The molecule has 39 heavy (non-hydrogen) atoms. The molecule has 0 aliphatic rings. The number of imidazole rings is 1. The van der Waals surface area contributed by atoms with Gasteiger partial charge >= 0.3 is 17.6 Å². The molecule has 2 aromatic rings. The number of aromatic hydroxyl groups is 1. The maximum atomic E-state index is 12.0. The first-order valence-corrected chi connectivity index (χ1v) is 14.4. The van der Waals surface area contributed by atoms with Crippen molar-refractivity contribution in [2.45, 2.75) is 116 Å². The summed E-state index contributed by atoms with van der Waals surface area (Å²) in [5.74, 6) is -0.331. The highest BCUT2D eigenvalue weighted by molar-refractivity contribution is 5.77. The molecule has 0 atom stereocenters. The monoisotopic (exact) mass is 546 g/mol.